The molecular formula is C27H36N6O3. The Morgan fingerprint density at radius 3 is 2.39 bits per heavy atom. The Hall–Kier alpha value is -3.33. The molecule has 1 aliphatic heterocycles. The van der Waals surface area contributed by atoms with Crippen molar-refractivity contribution in [3.8, 4) is 22.5 Å². The molecule has 0 aliphatic carbocycles. The van der Waals surface area contributed by atoms with Crippen LogP contribution in [-0.2, 0) is 9.53 Å². The van der Waals surface area contributed by atoms with Crippen LogP contribution >= 0.6 is 0 Å². The molecule has 9 heteroatoms. The normalized spacial score (nSPS) is 16.7. The van der Waals surface area contributed by atoms with Crippen molar-refractivity contribution in [1.82, 2.24) is 25.6 Å². The second kappa shape index (κ2) is 9.61. The fourth-order valence-electron chi connectivity index (χ4n) is 4.85. The Morgan fingerprint density at radius 1 is 1.14 bits per heavy atom. The van der Waals surface area contributed by atoms with Crippen LogP contribution < -0.4 is 4.90 Å². The summed E-state index contributed by atoms with van der Waals surface area (Å²) in [7, 11) is 0. The topological polar surface area (TPSA) is 117 Å². The van der Waals surface area contributed by atoms with E-state index in [4.69, 9.17) is 9.72 Å². The van der Waals surface area contributed by atoms with Gasteiger partial charge in [0.25, 0.3) is 0 Å². The van der Waals surface area contributed by atoms with Crippen LogP contribution in [0.3, 0.4) is 0 Å². The summed E-state index contributed by atoms with van der Waals surface area (Å²) in [5, 5.41) is 24.8. The van der Waals surface area contributed by atoms with Gasteiger partial charge in [-0.2, -0.15) is 5.21 Å². The summed E-state index contributed by atoms with van der Waals surface area (Å²) in [5.41, 5.74) is 5.23. The fraction of sp³-hybridized carbons (Fsp3) is 0.519. The predicted molar refractivity (Wildman–Crippen MR) is 139 cm³/mol. The minimum Gasteiger partial charge on any atom is -0.479 e. The zero-order chi connectivity index (χ0) is 26.3. The van der Waals surface area contributed by atoms with E-state index in [1.54, 1.807) is 0 Å². The summed E-state index contributed by atoms with van der Waals surface area (Å²) in [4.78, 5) is 19.8. The van der Waals surface area contributed by atoms with Crippen LogP contribution in [0.15, 0.2) is 24.3 Å². The number of aryl methyl sites for hydroxylation is 2. The number of carboxylic acids is 1. The Bertz CT molecular complexity index is 1240. The molecule has 0 amide bonds. The van der Waals surface area contributed by atoms with E-state index in [-0.39, 0.29) is 5.41 Å². The molecule has 1 atom stereocenters. The van der Waals surface area contributed by atoms with Crippen molar-refractivity contribution in [2.45, 2.75) is 73.0 Å². The van der Waals surface area contributed by atoms with E-state index in [1.165, 1.54) is 0 Å². The maximum absolute atomic E-state index is 12.6. The second-order valence-electron chi connectivity index (χ2n) is 11.3. The number of H-pyrrole nitrogens is 1. The Labute approximate surface area is 212 Å². The van der Waals surface area contributed by atoms with E-state index in [2.05, 4.69) is 39.4 Å². The summed E-state index contributed by atoms with van der Waals surface area (Å²) in [5.74, 6) is -0.528. The number of nitrogens with one attached hydrogen (secondary N) is 1. The highest BCUT2D eigenvalue weighted by Crippen LogP contribution is 2.45. The second-order valence-corrected chi connectivity index (χ2v) is 11.3. The molecular weight excluding hydrogens is 456 g/mol. The molecule has 1 aliphatic rings. The Balaban J connectivity index is 1.97. The van der Waals surface area contributed by atoms with Crippen molar-refractivity contribution in [2.75, 3.05) is 18.0 Å². The van der Waals surface area contributed by atoms with Crippen LogP contribution in [0.5, 0.6) is 0 Å². The van der Waals surface area contributed by atoms with Gasteiger partial charge in [-0.1, -0.05) is 32.0 Å². The number of nitrogens with zero attached hydrogens (tertiary/aromatic N) is 5. The molecule has 0 bridgehead atoms. The molecule has 3 heterocycles. The first-order valence-corrected chi connectivity index (χ1v) is 12.4. The highest BCUT2D eigenvalue weighted by Gasteiger charge is 2.36. The van der Waals surface area contributed by atoms with Crippen molar-refractivity contribution in [3.63, 3.8) is 0 Å². The first-order valence-electron chi connectivity index (χ1n) is 12.4. The highest BCUT2D eigenvalue weighted by molar-refractivity contribution is 5.88. The number of piperidine rings is 1. The summed E-state index contributed by atoms with van der Waals surface area (Å²) in [6.07, 6.45) is 0.863. The fourth-order valence-corrected chi connectivity index (χ4v) is 4.85. The lowest BCUT2D eigenvalue weighted by Gasteiger charge is -2.41. The van der Waals surface area contributed by atoms with E-state index in [1.807, 2.05) is 58.9 Å². The van der Waals surface area contributed by atoms with Crippen LogP contribution in [0, 0.1) is 19.3 Å². The SMILES string of the molecule is Cc1nc(C)c([C@H](OC(C)(C)C)C(=O)O)c(N2CCC(C)(C)CC2)c1-c1cccc(-c2nn[nH]n2)c1. The number of aliphatic carboxylic acids is 1. The van der Waals surface area contributed by atoms with Gasteiger partial charge in [-0.15, -0.1) is 10.2 Å². The third-order valence-electron chi connectivity index (χ3n) is 6.72. The number of tetrazole rings is 1. The number of carbonyl (C=O) groups is 1. The highest BCUT2D eigenvalue weighted by atomic mass is 16.5. The zero-order valence-electron chi connectivity index (χ0n) is 22.2. The smallest absolute Gasteiger partial charge is 0.337 e. The summed E-state index contributed by atoms with van der Waals surface area (Å²) >= 11 is 0. The van der Waals surface area contributed by atoms with Gasteiger partial charge in [0.05, 0.1) is 11.3 Å². The first-order chi connectivity index (χ1) is 16.9. The molecule has 9 nitrogen and oxygen atoms in total. The molecule has 4 rings (SSSR count). The summed E-state index contributed by atoms with van der Waals surface area (Å²) in [6.45, 7) is 15.7. The standard InChI is InChI=1S/C27H36N6O3/c1-16-20(18-9-8-10-19(15-18)24-29-31-32-30-24)22(33-13-11-27(6,7)12-14-33)21(17(2)28-16)23(25(34)35)36-26(3,4)5/h8-10,15,23H,11-14H2,1-7H3,(H,34,35)(H,29,30,31,32)/t23-/m0/s1. The third-order valence-corrected chi connectivity index (χ3v) is 6.72. The lowest BCUT2D eigenvalue weighted by Crippen LogP contribution is -2.39. The molecule has 3 aromatic rings. The largest absolute Gasteiger partial charge is 0.479 e. The maximum Gasteiger partial charge on any atom is 0.337 e. The van der Waals surface area contributed by atoms with Crippen molar-refractivity contribution in [2.24, 2.45) is 5.41 Å². The quantitative estimate of drug-likeness (QED) is 0.487. The number of benzene rings is 1. The number of hydrogen-bond acceptors (Lipinski definition) is 7. The van der Waals surface area contributed by atoms with Gasteiger partial charge in [0.2, 0.25) is 5.82 Å². The lowest BCUT2D eigenvalue weighted by atomic mass is 9.81. The number of hydrogen-bond donors (Lipinski definition) is 2. The summed E-state index contributed by atoms with van der Waals surface area (Å²) < 4.78 is 6.15. The van der Waals surface area contributed by atoms with Gasteiger partial charge < -0.3 is 14.7 Å². The van der Waals surface area contributed by atoms with Gasteiger partial charge >= 0.3 is 5.97 Å². The molecule has 0 radical (unpaired) electrons. The van der Waals surface area contributed by atoms with Gasteiger partial charge in [-0.05, 0) is 69.7 Å². The number of pyridine rings is 1. The van der Waals surface area contributed by atoms with Crippen LogP contribution in [0.25, 0.3) is 22.5 Å². The average Bonchev–Trinajstić information content (AvgIpc) is 3.32. The van der Waals surface area contributed by atoms with Gasteiger partial charge in [0, 0.05) is 41.2 Å². The molecule has 192 valence electrons. The van der Waals surface area contributed by atoms with Gasteiger partial charge in [0.15, 0.2) is 6.10 Å². The first kappa shape index (κ1) is 25.8. The number of aromatic nitrogens is 5. The van der Waals surface area contributed by atoms with E-state index < -0.39 is 17.7 Å². The monoisotopic (exact) mass is 492 g/mol. The third kappa shape index (κ3) is 5.41. The molecule has 0 saturated carbocycles. The molecule has 1 fully saturated rings. The molecule has 1 aromatic carbocycles. The van der Waals surface area contributed by atoms with E-state index in [0.717, 1.165) is 54.0 Å². The van der Waals surface area contributed by atoms with Crippen LogP contribution in [-0.4, -0.2) is 55.4 Å². The summed E-state index contributed by atoms with van der Waals surface area (Å²) in [6, 6.07) is 7.90. The molecule has 1 saturated heterocycles. The number of rotatable bonds is 6. The lowest BCUT2D eigenvalue weighted by molar-refractivity contribution is -0.160. The van der Waals surface area contributed by atoms with Crippen molar-refractivity contribution in [1.29, 1.82) is 0 Å². The molecule has 2 N–H and O–H groups in total. The number of anilines is 1. The predicted octanol–water partition coefficient (Wildman–Crippen LogP) is 5.11. The minimum absolute atomic E-state index is 0.237. The van der Waals surface area contributed by atoms with E-state index >= 15 is 0 Å². The van der Waals surface area contributed by atoms with Gasteiger partial charge in [-0.3, -0.25) is 4.98 Å². The number of carboxylic acid groups (broad SMARTS) is 1. The van der Waals surface area contributed by atoms with Crippen molar-refractivity contribution >= 4 is 11.7 Å². The molecule has 0 spiro atoms. The van der Waals surface area contributed by atoms with Crippen LogP contribution in [0.1, 0.15) is 70.5 Å². The molecule has 0 unspecified atom stereocenters. The van der Waals surface area contributed by atoms with Crippen LogP contribution in [0.4, 0.5) is 5.69 Å². The maximum atomic E-state index is 12.6. The molecule has 2 aromatic heterocycles. The van der Waals surface area contributed by atoms with Crippen molar-refractivity contribution < 1.29 is 14.6 Å². The molecule has 36 heavy (non-hydrogen) atoms. The van der Waals surface area contributed by atoms with E-state index in [0.29, 0.717) is 17.1 Å². The minimum atomic E-state index is -1.15. The number of aromatic amines is 1. The van der Waals surface area contributed by atoms with Crippen LogP contribution in [0.2, 0.25) is 0 Å². The van der Waals surface area contributed by atoms with Crippen molar-refractivity contribution in [3.05, 3.63) is 41.2 Å². The average molecular weight is 493 g/mol. The van der Waals surface area contributed by atoms with E-state index in [9.17, 15) is 9.90 Å². The Kier molecular flexibility index (Phi) is 6.88. The zero-order valence-corrected chi connectivity index (χ0v) is 22.2. The number of ether oxygens (including phenoxy) is 1. The van der Waals surface area contributed by atoms with Gasteiger partial charge in [0.1, 0.15) is 0 Å². The Morgan fingerprint density at radius 2 is 1.81 bits per heavy atom. The van der Waals surface area contributed by atoms with Gasteiger partial charge in [-0.25, -0.2) is 4.79 Å².